The smallest absolute Gasteiger partial charge is 0.144 e. The van der Waals surface area contributed by atoms with Crippen molar-refractivity contribution < 1.29 is 9.59 Å². The van der Waals surface area contributed by atoms with E-state index in [1.54, 1.807) is 0 Å². The quantitative estimate of drug-likeness (QED) is 0.0615. The van der Waals surface area contributed by atoms with E-state index in [-0.39, 0.29) is 24.0 Å². The minimum atomic E-state index is -0.417. The summed E-state index contributed by atoms with van der Waals surface area (Å²) >= 11 is 0. The molecule has 0 bridgehead atoms. The maximum Gasteiger partial charge on any atom is 0.144 e. The van der Waals surface area contributed by atoms with Crippen LogP contribution in [0.3, 0.4) is 0 Å². The molecule has 0 saturated heterocycles. The van der Waals surface area contributed by atoms with Crippen molar-refractivity contribution in [3.63, 3.8) is 0 Å². The van der Waals surface area contributed by atoms with E-state index in [1.165, 1.54) is 141 Å². The highest BCUT2D eigenvalue weighted by atomic mass is 35.5. The predicted molar refractivity (Wildman–Crippen MR) is 180 cm³/mol. The third-order valence-corrected chi connectivity index (χ3v) is 8.43. The van der Waals surface area contributed by atoms with Crippen LogP contribution in [0.25, 0.3) is 0 Å². The van der Waals surface area contributed by atoms with Gasteiger partial charge in [0.25, 0.3) is 0 Å². The second kappa shape index (κ2) is 34.8. The Morgan fingerprint density at radius 1 is 0.425 bits per heavy atom. The predicted octanol–water partition coefficient (Wildman–Crippen LogP) is 11.7. The van der Waals surface area contributed by atoms with Gasteiger partial charge in [0.15, 0.2) is 0 Å². The average molecular weight is 586 g/mol. The third kappa shape index (κ3) is 29.1. The number of ketones is 2. The van der Waals surface area contributed by atoms with Gasteiger partial charge in [-0.05, 0) is 19.4 Å². The van der Waals surface area contributed by atoms with Crippen LogP contribution in [-0.4, -0.2) is 24.7 Å². The lowest BCUT2D eigenvalue weighted by Crippen LogP contribution is -2.34. The standard InChI is InChI=1S/C36H71NO2.ClH/c1-4-7-9-11-13-15-17-19-21-23-25-27-29-31-35(38)34(33-37-6-3)36(39)32-30-28-26-24-22-20-18-16-14-12-10-8-5-2;/h34,37H,4-33H2,1-3H3;1H. The first-order valence-electron chi connectivity index (χ1n) is 17.9. The Hall–Kier alpha value is -0.410. The van der Waals surface area contributed by atoms with Gasteiger partial charge in [0.05, 0.1) is 5.92 Å². The summed E-state index contributed by atoms with van der Waals surface area (Å²) in [5.74, 6) is -0.0583. The molecule has 0 aliphatic rings. The van der Waals surface area contributed by atoms with Crippen molar-refractivity contribution in [1.29, 1.82) is 0 Å². The second-order valence-corrected chi connectivity index (χ2v) is 12.3. The highest BCUT2D eigenvalue weighted by Crippen LogP contribution is 2.17. The number of hydrogen-bond acceptors (Lipinski definition) is 3. The van der Waals surface area contributed by atoms with E-state index in [4.69, 9.17) is 0 Å². The molecule has 3 nitrogen and oxygen atoms in total. The van der Waals surface area contributed by atoms with Crippen molar-refractivity contribution in [3.8, 4) is 0 Å². The lowest BCUT2D eigenvalue weighted by atomic mass is 9.91. The van der Waals surface area contributed by atoms with Crippen molar-refractivity contribution >= 4 is 24.0 Å². The zero-order valence-electron chi connectivity index (χ0n) is 27.5. The second-order valence-electron chi connectivity index (χ2n) is 12.3. The molecule has 240 valence electrons. The summed E-state index contributed by atoms with van der Waals surface area (Å²) in [5.41, 5.74) is 0. The van der Waals surface area contributed by atoms with Crippen molar-refractivity contribution in [2.45, 2.75) is 201 Å². The van der Waals surface area contributed by atoms with Gasteiger partial charge >= 0.3 is 0 Å². The number of halogens is 1. The summed E-state index contributed by atoms with van der Waals surface area (Å²) in [6.07, 6.45) is 35.3. The van der Waals surface area contributed by atoms with Crippen molar-refractivity contribution in [2.75, 3.05) is 13.1 Å². The van der Waals surface area contributed by atoms with Crippen LogP contribution in [0.1, 0.15) is 201 Å². The number of hydrogen-bond donors (Lipinski definition) is 1. The largest absolute Gasteiger partial charge is 0.316 e. The fraction of sp³-hybridized carbons (Fsp3) is 0.944. The van der Waals surface area contributed by atoms with Gasteiger partial charge < -0.3 is 5.32 Å². The minimum absolute atomic E-state index is 0. The van der Waals surface area contributed by atoms with Crippen LogP contribution in [0.4, 0.5) is 0 Å². The fourth-order valence-corrected chi connectivity index (χ4v) is 5.68. The van der Waals surface area contributed by atoms with Gasteiger partial charge in [-0.2, -0.15) is 0 Å². The van der Waals surface area contributed by atoms with Crippen LogP contribution in [-0.2, 0) is 9.59 Å². The Kier molecular flexibility index (Phi) is 36.3. The first kappa shape index (κ1) is 41.7. The summed E-state index contributed by atoms with van der Waals surface area (Å²) in [6.45, 7) is 7.95. The normalized spacial score (nSPS) is 11.2. The van der Waals surface area contributed by atoms with E-state index < -0.39 is 5.92 Å². The topological polar surface area (TPSA) is 46.2 Å². The third-order valence-electron chi connectivity index (χ3n) is 8.43. The zero-order chi connectivity index (χ0) is 28.7. The molecule has 1 N–H and O–H groups in total. The maximum absolute atomic E-state index is 12.9. The monoisotopic (exact) mass is 586 g/mol. The maximum atomic E-state index is 12.9. The molecule has 0 atom stereocenters. The van der Waals surface area contributed by atoms with Gasteiger partial charge in [0.1, 0.15) is 11.6 Å². The number of rotatable bonds is 33. The molecule has 0 aliphatic carbocycles. The van der Waals surface area contributed by atoms with E-state index in [2.05, 4.69) is 19.2 Å². The van der Waals surface area contributed by atoms with Gasteiger partial charge in [0.2, 0.25) is 0 Å². The summed E-state index contributed by atoms with van der Waals surface area (Å²) in [7, 11) is 0. The lowest BCUT2D eigenvalue weighted by molar-refractivity contribution is -0.132. The molecule has 0 fully saturated rings. The van der Waals surface area contributed by atoms with Crippen molar-refractivity contribution in [3.05, 3.63) is 0 Å². The van der Waals surface area contributed by atoms with E-state index in [9.17, 15) is 9.59 Å². The Bertz CT molecular complexity index is 483. The molecule has 0 amide bonds. The molecule has 0 rings (SSSR count). The first-order chi connectivity index (χ1) is 19.2. The molecule has 0 aromatic carbocycles. The van der Waals surface area contributed by atoms with Crippen LogP contribution < -0.4 is 5.32 Å². The number of Topliss-reactive ketones (excluding diaryl/α,β-unsaturated/α-hetero) is 2. The van der Waals surface area contributed by atoms with Crippen LogP contribution in [0.15, 0.2) is 0 Å². The summed E-state index contributed by atoms with van der Waals surface area (Å²) < 4.78 is 0. The Morgan fingerprint density at radius 3 is 0.925 bits per heavy atom. The van der Waals surface area contributed by atoms with Crippen LogP contribution in [0, 0.1) is 5.92 Å². The molecule has 0 radical (unpaired) electrons. The van der Waals surface area contributed by atoms with Gasteiger partial charge in [-0.25, -0.2) is 0 Å². The first-order valence-corrected chi connectivity index (χ1v) is 17.9. The molecule has 0 saturated carbocycles. The van der Waals surface area contributed by atoms with Crippen LogP contribution >= 0.6 is 12.4 Å². The number of nitrogens with one attached hydrogen (secondary N) is 1. The zero-order valence-corrected chi connectivity index (χ0v) is 28.3. The van der Waals surface area contributed by atoms with Crippen molar-refractivity contribution in [2.24, 2.45) is 5.92 Å². The molecule has 4 heteroatoms. The number of carbonyl (C=O) groups is 2. The summed E-state index contributed by atoms with van der Waals surface area (Å²) in [5, 5.41) is 3.27. The van der Waals surface area contributed by atoms with Gasteiger partial charge in [-0.3, -0.25) is 9.59 Å². The van der Waals surface area contributed by atoms with E-state index in [1.807, 2.05) is 6.92 Å². The van der Waals surface area contributed by atoms with E-state index in [0.29, 0.717) is 19.4 Å². The molecule has 0 aliphatic heterocycles. The molecule has 40 heavy (non-hydrogen) atoms. The van der Waals surface area contributed by atoms with Crippen LogP contribution in [0.2, 0.25) is 0 Å². The van der Waals surface area contributed by atoms with Gasteiger partial charge in [0, 0.05) is 19.4 Å². The average Bonchev–Trinajstić information content (AvgIpc) is 2.94. The summed E-state index contributed by atoms with van der Waals surface area (Å²) in [4.78, 5) is 25.7. The summed E-state index contributed by atoms with van der Waals surface area (Å²) in [6, 6.07) is 0. The molecular formula is C36H72ClNO2. The minimum Gasteiger partial charge on any atom is -0.316 e. The number of unbranched alkanes of at least 4 members (excludes halogenated alkanes) is 24. The Morgan fingerprint density at radius 2 is 0.675 bits per heavy atom. The molecule has 0 heterocycles. The molecular weight excluding hydrogens is 514 g/mol. The van der Waals surface area contributed by atoms with Gasteiger partial charge in [-0.15, -0.1) is 12.4 Å². The number of carbonyl (C=O) groups excluding carboxylic acids is 2. The molecule has 0 aromatic heterocycles. The lowest BCUT2D eigenvalue weighted by Gasteiger charge is -2.15. The fourth-order valence-electron chi connectivity index (χ4n) is 5.68. The Balaban J connectivity index is 0. The highest BCUT2D eigenvalue weighted by Gasteiger charge is 2.24. The van der Waals surface area contributed by atoms with E-state index in [0.717, 1.165) is 32.2 Å². The van der Waals surface area contributed by atoms with Crippen molar-refractivity contribution in [1.82, 2.24) is 5.32 Å². The highest BCUT2D eigenvalue weighted by molar-refractivity contribution is 6.02. The SMILES string of the molecule is CCCCCCCCCCCCCCCC(=O)C(CNCC)C(=O)CCCCCCCCCCCCCCC.Cl. The van der Waals surface area contributed by atoms with Gasteiger partial charge in [-0.1, -0.05) is 175 Å². The molecule has 0 spiro atoms. The van der Waals surface area contributed by atoms with Crippen LogP contribution in [0.5, 0.6) is 0 Å². The molecule has 0 unspecified atom stereocenters. The molecule has 0 aromatic rings. The Labute approximate surface area is 258 Å². The van der Waals surface area contributed by atoms with E-state index >= 15 is 0 Å².